The van der Waals surface area contributed by atoms with Gasteiger partial charge in [0, 0.05) is 25.4 Å². The summed E-state index contributed by atoms with van der Waals surface area (Å²) < 4.78 is 27.5. The van der Waals surface area contributed by atoms with Crippen LogP contribution in [0.1, 0.15) is 20.3 Å². The highest BCUT2D eigenvalue weighted by Gasteiger charge is 2.19. The maximum absolute atomic E-state index is 11.8. The number of nitrogens with zero attached hydrogens (tertiary/aromatic N) is 1. The normalized spacial score (nSPS) is 14.3. The lowest BCUT2D eigenvalue weighted by atomic mass is 10.4. The van der Waals surface area contributed by atoms with Crippen molar-refractivity contribution in [3.63, 3.8) is 0 Å². The van der Waals surface area contributed by atoms with Crippen molar-refractivity contribution in [2.24, 2.45) is 5.73 Å². The molecule has 5 nitrogen and oxygen atoms in total. The summed E-state index contributed by atoms with van der Waals surface area (Å²) in [7, 11) is -1.78. The van der Waals surface area contributed by atoms with E-state index in [1.165, 1.54) is 4.31 Å². The summed E-state index contributed by atoms with van der Waals surface area (Å²) in [5.74, 6) is 1.79. The van der Waals surface area contributed by atoms with E-state index in [1.807, 2.05) is 6.92 Å². The summed E-state index contributed by atoms with van der Waals surface area (Å²) in [4.78, 5) is 0. The molecule has 0 aromatic carbocycles. The third-order valence-corrected chi connectivity index (χ3v) is 4.86. The van der Waals surface area contributed by atoms with Gasteiger partial charge in [0.1, 0.15) is 0 Å². The molecule has 0 aliphatic heterocycles. The zero-order valence-electron chi connectivity index (χ0n) is 10.3. The number of hydrogen-bond donors (Lipinski definition) is 2. The Hall–Kier alpha value is 0.180. The average molecular weight is 269 g/mol. The molecule has 0 bridgehead atoms. The monoisotopic (exact) mass is 269 g/mol. The maximum Gasteiger partial charge on any atom is 0.279 e. The molecule has 0 saturated carbocycles. The van der Waals surface area contributed by atoms with Gasteiger partial charge in [-0.3, -0.25) is 0 Å². The number of hydrogen-bond acceptors (Lipinski definition) is 4. The van der Waals surface area contributed by atoms with E-state index in [4.69, 9.17) is 5.73 Å². The number of rotatable bonds is 9. The van der Waals surface area contributed by atoms with Gasteiger partial charge in [0.25, 0.3) is 10.2 Å². The molecule has 0 aliphatic carbocycles. The predicted molar refractivity (Wildman–Crippen MR) is 70.8 cm³/mol. The van der Waals surface area contributed by atoms with Crippen LogP contribution in [0.5, 0.6) is 0 Å². The summed E-state index contributed by atoms with van der Waals surface area (Å²) in [6.45, 7) is 4.89. The molecule has 0 aromatic heterocycles. The summed E-state index contributed by atoms with van der Waals surface area (Å²) >= 11 is 1.72. The van der Waals surface area contributed by atoms with Crippen LogP contribution in [0.3, 0.4) is 0 Å². The van der Waals surface area contributed by atoms with E-state index in [1.54, 1.807) is 18.8 Å². The van der Waals surface area contributed by atoms with E-state index in [0.29, 0.717) is 19.5 Å². The molecular weight excluding hydrogens is 246 g/mol. The second-order valence-corrected chi connectivity index (χ2v) is 6.78. The number of thioether (sulfide) groups is 1. The third-order valence-electron chi connectivity index (χ3n) is 2.01. The molecule has 98 valence electrons. The van der Waals surface area contributed by atoms with Gasteiger partial charge in [-0.1, -0.05) is 6.92 Å². The summed E-state index contributed by atoms with van der Waals surface area (Å²) in [5, 5.41) is 0. The third kappa shape index (κ3) is 6.70. The van der Waals surface area contributed by atoms with Crippen molar-refractivity contribution in [1.82, 2.24) is 9.03 Å². The number of nitrogens with two attached hydrogens (primary N) is 1. The molecule has 1 unspecified atom stereocenters. The molecule has 16 heavy (non-hydrogen) atoms. The van der Waals surface area contributed by atoms with Gasteiger partial charge in [0.15, 0.2) is 0 Å². The van der Waals surface area contributed by atoms with Crippen molar-refractivity contribution >= 4 is 22.0 Å². The Balaban J connectivity index is 4.11. The van der Waals surface area contributed by atoms with E-state index in [9.17, 15) is 8.42 Å². The average Bonchev–Trinajstić information content (AvgIpc) is 2.22. The van der Waals surface area contributed by atoms with Gasteiger partial charge >= 0.3 is 0 Å². The van der Waals surface area contributed by atoms with Crippen molar-refractivity contribution < 1.29 is 8.42 Å². The van der Waals surface area contributed by atoms with Crippen LogP contribution in [0, 0.1) is 0 Å². The topological polar surface area (TPSA) is 75.4 Å². The zero-order chi connectivity index (χ0) is 12.6. The Labute approximate surface area is 103 Å². The second kappa shape index (κ2) is 8.30. The van der Waals surface area contributed by atoms with Crippen LogP contribution >= 0.6 is 11.8 Å². The second-order valence-electron chi connectivity index (χ2n) is 3.65. The van der Waals surface area contributed by atoms with Gasteiger partial charge in [0.05, 0.1) is 0 Å². The van der Waals surface area contributed by atoms with Gasteiger partial charge < -0.3 is 5.73 Å². The molecule has 0 rings (SSSR count). The van der Waals surface area contributed by atoms with Gasteiger partial charge in [-0.15, -0.1) is 0 Å². The van der Waals surface area contributed by atoms with E-state index >= 15 is 0 Å². The quantitative estimate of drug-likeness (QED) is 0.629. The van der Waals surface area contributed by atoms with Crippen molar-refractivity contribution in [1.29, 1.82) is 0 Å². The summed E-state index contributed by atoms with van der Waals surface area (Å²) in [6.07, 6.45) is 0.676. The van der Waals surface area contributed by atoms with Crippen LogP contribution in [0.2, 0.25) is 0 Å². The van der Waals surface area contributed by atoms with Crippen LogP contribution in [-0.2, 0) is 10.2 Å². The Bertz CT molecular complexity index is 270. The Morgan fingerprint density at radius 3 is 2.62 bits per heavy atom. The van der Waals surface area contributed by atoms with E-state index in [0.717, 1.165) is 11.5 Å². The van der Waals surface area contributed by atoms with Crippen LogP contribution in [0.15, 0.2) is 0 Å². The van der Waals surface area contributed by atoms with Gasteiger partial charge in [-0.2, -0.15) is 29.2 Å². The SMILES string of the molecule is CCSCC(C)NS(=O)(=O)N(C)CCCN. The van der Waals surface area contributed by atoms with Crippen molar-refractivity contribution in [3.05, 3.63) is 0 Å². The molecule has 0 aromatic rings. The molecule has 0 radical (unpaired) electrons. The van der Waals surface area contributed by atoms with Crippen LogP contribution in [-0.4, -0.2) is 50.4 Å². The first kappa shape index (κ1) is 16.2. The highest BCUT2D eigenvalue weighted by molar-refractivity contribution is 7.99. The highest BCUT2D eigenvalue weighted by Crippen LogP contribution is 2.04. The molecule has 0 fully saturated rings. The first-order chi connectivity index (χ1) is 7.44. The lowest BCUT2D eigenvalue weighted by Crippen LogP contribution is -2.44. The molecule has 0 aliphatic rings. The van der Waals surface area contributed by atoms with Crippen LogP contribution in [0.25, 0.3) is 0 Å². The number of nitrogens with one attached hydrogen (secondary N) is 1. The largest absolute Gasteiger partial charge is 0.330 e. The smallest absolute Gasteiger partial charge is 0.279 e. The summed E-state index contributed by atoms with van der Waals surface area (Å²) in [5.41, 5.74) is 5.34. The molecule has 0 amide bonds. The van der Waals surface area contributed by atoms with Crippen LogP contribution < -0.4 is 10.5 Å². The first-order valence-corrected chi connectivity index (χ1v) is 8.05. The van der Waals surface area contributed by atoms with Gasteiger partial charge in [-0.25, -0.2) is 0 Å². The fraction of sp³-hybridized carbons (Fsp3) is 1.00. The van der Waals surface area contributed by atoms with Crippen molar-refractivity contribution in [2.75, 3.05) is 31.6 Å². The Morgan fingerprint density at radius 1 is 1.50 bits per heavy atom. The minimum atomic E-state index is -3.35. The highest BCUT2D eigenvalue weighted by atomic mass is 32.2. The molecular formula is C9H23N3O2S2. The van der Waals surface area contributed by atoms with Gasteiger partial charge in [-0.05, 0) is 25.6 Å². The van der Waals surface area contributed by atoms with E-state index in [-0.39, 0.29) is 6.04 Å². The lowest BCUT2D eigenvalue weighted by Gasteiger charge is -2.20. The fourth-order valence-electron chi connectivity index (χ4n) is 1.11. The van der Waals surface area contributed by atoms with E-state index in [2.05, 4.69) is 11.6 Å². The minimum absolute atomic E-state index is 0.0460. The molecule has 0 heterocycles. The standard InChI is InChI=1S/C9H23N3O2S2/c1-4-15-8-9(2)11-16(13,14)12(3)7-5-6-10/h9,11H,4-8,10H2,1-3H3. The molecule has 7 heteroatoms. The molecule has 3 N–H and O–H groups in total. The lowest BCUT2D eigenvalue weighted by molar-refractivity contribution is 0.448. The molecule has 0 saturated heterocycles. The molecule has 1 atom stereocenters. The predicted octanol–water partition coefficient (Wildman–Crippen LogP) is 0.243. The summed E-state index contributed by atoms with van der Waals surface area (Å²) in [6, 6.07) is -0.0460. The van der Waals surface area contributed by atoms with Crippen LogP contribution in [0.4, 0.5) is 0 Å². The maximum atomic E-state index is 11.8. The first-order valence-electron chi connectivity index (χ1n) is 5.45. The van der Waals surface area contributed by atoms with Gasteiger partial charge in [0.2, 0.25) is 0 Å². The van der Waals surface area contributed by atoms with E-state index < -0.39 is 10.2 Å². The zero-order valence-corrected chi connectivity index (χ0v) is 11.9. The van der Waals surface area contributed by atoms with Crippen molar-refractivity contribution in [2.45, 2.75) is 26.3 Å². The minimum Gasteiger partial charge on any atom is -0.330 e. The molecule has 0 spiro atoms. The Kier molecular flexibility index (Phi) is 8.39. The Morgan fingerprint density at radius 2 is 2.12 bits per heavy atom. The van der Waals surface area contributed by atoms with Crippen molar-refractivity contribution in [3.8, 4) is 0 Å². The fourth-order valence-corrected chi connectivity index (χ4v) is 3.03.